The van der Waals surface area contributed by atoms with Gasteiger partial charge in [0.05, 0.1) is 6.67 Å². The van der Waals surface area contributed by atoms with Gasteiger partial charge in [-0.15, -0.1) is 0 Å². The van der Waals surface area contributed by atoms with E-state index in [4.69, 9.17) is 0 Å². The van der Waals surface area contributed by atoms with Gasteiger partial charge < -0.3 is 9.80 Å². The first-order chi connectivity index (χ1) is 11.7. The summed E-state index contributed by atoms with van der Waals surface area (Å²) < 4.78 is 0. The molecule has 0 aromatic heterocycles. The molecular formula is C22H44N2. The zero-order valence-electron chi connectivity index (χ0n) is 16.9. The second-order valence-corrected chi connectivity index (χ2v) is 7.96. The second-order valence-electron chi connectivity index (χ2n) is 7.96. The fourth-order valence-corrected chi connectivity index (χ4v) is 3.47. The highest BCUT2D eigenvalue weighted by atomic mass is 15.3. The summed E-state index contributed by atoms with van der Waals surface area (Å²) in [5, 5.41) is 0. The molecular weight excluding hydrogens is 292 g/mol. The van der Waals surface area contributed by atoms with Gasteiger partial charge in [0.1, 0.15) is 0 Å². The summed E-state index contributed by atoms with van der Waals surface area (Å²) in [6.45, 7) is 9.15. The fourth-order valence-electron chi connectivity index (χ4n) is 3.47. The molecule has 0 N–H and O–H groups in total. The van der Waals surface area contributed by atoms with Crippen molar-refractivity contribution in [2.24, 2.45) is 0 Å². The average Bonchev–Trinajstić information content (AvgIpc) is 3.04. The molecule has 0 aliphatic carbocycles. The van der Waals surface area contributed by atoms with Crippen LogP contribution in [0.2, 0.25) is 0 Å². The standard InChI is InChI=1S/C22H44N2/c1-4-5-6-7-8-9-10-11-12-13-14-15-16-17-18-23-19-20-24(21-23)22(2)3/h19-20,22H,4-18,21H2,1-3H3. The summed E-state index contributed by atoms with van der Waals surface area (Å²) in [5.41, 5.74) is 0. The maximum Gasteiger partial charge on any atom is 0.0896 e. The Balaban J connectivity index is 1.75. The Kier molecular flexibility index (Phi) is 13.1. The van der Waals surface area contributed by atoms with Crippen molar-refractivity contribution in [2.75, 3.05) is 13.2 Å². The van der Waals surface area contributed by atoms with E-state index in [1.165, 1.54) is 96.4 Å². The van der Waals surface area contributed by atoms with E-state index in [1.807, 2.05) is 0 Å². The van der Waals surface area contributed by atoms with Crippen LogP contribution >= 0.6 is 0 Å². The Morgan fingerprint density at radius 3 is 1.54 bits per heavy atom. The zero-order chi connectivity index (χ0) is 17.5. The van der Waals surface area contributed by atoms with Gasteiger partial charge in [-0.05, 0) is 20.3 Å². The molecule has 0 aromatic carbocycles. The number of unbranched alkanes of at least 4 members (excludes halogenated alkanes) is 13. The van der Waals surface area contributed by atoms with Crippen LogP contribution in [0.4, 0.5) is 0 Å². The highest BCUT2D eigenvalue weighted by Crippen LogP contribution is 2.14. The summed E-state index contributed by atoms with van der Waals surface area (Å²) in [7, 11) is 0. The van der Waals surface area contributed by atoms with Crippen molar-refractivity contribution in [2.45, 2.75) is 117 Å². The lowest BCUT2D eigenvalue weighted by atomic mass is 10.0. The quantitative estimate of drug-likeness (QED) is 0.282. The van der Waals surface area contributed by atoms with Crippen LogP contribution in [0.3, 0.4) is 0 Å². The predicted octanol–water partition coefficient (Wildman–Crippen LogP) is 6.92. The van der Waals surface area contributed by atoms with Gasteiger partial charge in [-0.2, -0.15) is 0 Å². The third kappa shape index (κ3) is 11.0. The molecule has 2 nitrogen and oxygen atoms in total. The van der Waals surface area contributed by atoms with Gasteiger partial charge in [0.15, 0.2) is 0 Å². The smallest absolute Gasteiger partial charge is 0.0896 e. The van der Waals surface area contributed by atoms with E-state index in [0.717, 1.165) is 6.67 Å². The van der Waals surface area contributed by atoms with Crippen LogP contribution < -0.4 is 0 Å². The summed E-state index contributed by atoms with van der Waals surface area (Å²) in [6, 6.07) is 0.627. The van der Waals surface area contributed by atoms with E-state index in [2.05, 4.69) is 43.0 Å². The largest absolute Gasteiger partial charge is 0.359 e. The van der Waals surface area contributed by atoms with Gasteiger partial charge in [-0.3, -0.25) is 0 Å². The van der Waals surface area contributed by atoms with Gasteiger partial charge in [-0.1, -0.05) is 90.4 Å². The third-order valence-corrected chi connectivity index (χ3v) is 5.28. The molecule has 2 heteroatoms. The van der Waals surface area contributed by atoms with Crippen LogP contribution in [0.1, 0.15) is 111 Å². The van der Waals surface area contributed by atoms with Crippen LogP contribution in [0, 0.1) is 0 Å². The molecule has 0 spiro atoms. The van der Waals surface area contributed by atoms with Crippen molar-refractivity contribution in [1.29, 1.82) is 0 Å². The number of nitrogens with zero attached hydrogens (tertiary/aromatic N) is 2. The molecule has 0 amide bonds. The minimum absolute atomic E-state index is 0.627. The van der Waals surface area contributed by atoms with E-state index < -0.39 is 0 Å². The SMILES string of the molecule is CCCCCCCCCCCCCCCCN1C=CN(C(C)C)C1. The Bertz CT molecular complexity index is 298. The van der Waals surface area contributed by atoms with Crippen LogP contribution in [-0.4, -0.2) is 29.1 Å². The molecule has 0 bridgehead atoms. The monoisotopic (exact) mass is 336 g/mol. The molecule has 0 saturated carbocycles. The summed E-state index contributed by atoms with van der Waals surface area (Å²) in [6.07, 6.45) is 24.7. The third-order valence-electron chi connectivity index (χ3n) is 5.28. The first-order valence-electron chi connectivity index (χ1n) is 10.9. The van der Waals surface area contributed by atoms with Crippen LogP contribution in [0.15, 0.2) is 12.4 Å². The first kappa shape index (κ1) is 21.4. The van der Waals surface area contributed by atoms with E-state index in [0.29, 0.717) is 6.04 Å². The summed E-state index contributed by atoms with van der Waals surface area (Å²) in [4.78, 5) is 4.87. The molecule has 1 aliphatic rings. The molecule has 1 aliphatic heterocycles. The van der Waals surface area contributed by atoms with E-state index in [-0.39, 0.29) is 0 Å². The topological polar surface area (TPSA) is 6.48 Å². The second kappa shape index (κ2) is 14.7. The Morgan fingerprint density at radius 2 is 1.12 bits per heavy atom. The van der Waals surface area contributed by atoms with Crippen molar-refractivity contribution in [3.05, 3.63) is 12.4 Å². The van der Waals surface area contributed by atoms with Gasteiger partial charge in [0.25, 0.3) is 0 Å². The normalized spacial score (nSPS) is 14.3. The van der Waals surface area contributed by atoms with E-state index in [1.54, 1.807) is 0 Å². The minimum atomic E-state index is 0.627. The first-order valence-corrected chi connectivity index (χ1v) is 10.9. The molecule has 142 valence electrons. The molecule has 0 fully saturated rings. The van der Waals surface area contributed by atoms with Crippen LogP contribution in [0.25, 0.3) is 0 Å². The zero-order valence-corrected chi connectivity index (χ0v) is 16.9. The lowest BCUT2D eigenvalue weighted by Crippen LogP contribution is -2.30. The molecule has 0 atom stereocenters. The molecule has 1 rings (SSSR count). The number of hydrogen-bond donors (Lipinski definition) is 0. The highest BCUT2D eigenvalue weighted by molar-refractivity contribution is 4.91. The van der Waals surface area contributed by atoms with Crippen LogP contribution in [0.5, 0.6) is 0 Å². The van der Waals surface area contributed by atoms with Gasteiger partial charge in [0, 0.05) is 25.0 Å². The van der Waals surface area contributed by atoms with Crippen molar-refractivity contribution >= 4 is 0 Å². The molecule has 0 unspecified atom stereocenters. The molecule has 0 radical (unpaired) electrons. The van der Waals surface area contributed by atoms with Crippen molar-refractivity contribution < 1.29 is 0 Å². The molecule has 24 heavy (non-hydrogen) atoms. The van der Waals surface area contributed by atoms with Gasteiger partial charge >= 0.3 is 0 Å². The molecule has 1 heterocycles. The van der Waals surface area contributed by atoms with Crippen molar-refractivity contribution in [3.8, 4) is 0 Å². The van der Waals surface area contributed by atoms with E-state index in [9.17, 15) is 0 Å². The van der Waals surface area contributed by atoms with E-state index >= 15 is 0 Å². The Morgan fingerprint density at radius 1 is 0.667 bits per heavy atom. The Hall–Kier alpha value is -0.660. The Labute approximate surface area is 152 Å². The summed E-state index contributed by atoms with van der Waals surface area (Å²) in [5.74, 6) is 0. The summed E-state index contributed by atoms with van der Waals surface area (Å²) >= 11 is 0. The highest BCUT2D eigenvalue weighted by Gasteiger charge is 2.13. The maximum atomic E-state index is 2.46. The fraction of sp³-hybridized carbons (Fsp3) is 0.909. The van der Waals surface area contributed by atoms with Crippen LogP contribution in [-0.2, 0) is 0 Å². The van der Waals surface area contributed by atoms with Gasteiger partial charge in [0.2, 0.25) is 0 Å². The lowest BCUT2D eigenvalue weighted by Gasteiger charge is -2.24. The lowest BCUT2D eigenvalue weighted by molar-refractivity contribution is 0.228. The predicted molar refractivity (Wildman–Crippen MR) is 108 cm³/mol. The minimum Gasteiger partial charge on any atom is -0.359 e. The number of rotatable bonds is 16. The van der Waals surface area contributed by atoms with Gasteiger partial charge in [-0.25, -0.2) is 0 Å². The number of hydrogen-bond acceptors (Lipinski definition) is 2. The maximum absolute atomic E-state index is 2.46. The molecule has 0 saturated heterocycles. The average molecular weight is 337 g/mol. The molecule has 0 aromatic rings. The van der Waals surface area contributed by atoms with Crippen molar-refractivity contribution in [3.63, 3.8) is 0 Å². The van der Waals surface area contributed by atoms with Crippen molar-refractivity contribution in [1.82, 2.24) is 9.80 Å².